The van der Waals surface area contributed by atoms with Gasteiger partial charge in [0, 0.05) is 19.1 Å². The SMILES string of the molecule is Cc1ccc(C(O)CN(CC(C)C)C2CCCC2)c(C)c1. The summed E-state index contributed by atoms with van der Waals surface area (Å²) < 4.78 is 0. The highest BCUT2D eigenvalue weighted by atomic mass is 16.3. The van der Waals surface area contributed by atoms with Gasteiger partial charge in [0.15, 0.2) is 0 Å². The smallest absolute Gasteiger partial charge is 0.0919 e. The van der Waals surface area contributed by atoms with Crippen LogP contribution in [0.25, 0.3) is 0 Å². The zero-order chi connectivity index (χ0) is 15.4. The van der Waals surface area contributed by atoms with Crippen LogP contribution in [0.2, 0.25) is 0 Å². The van der Waals surface area contributed by atoms with Crippen LogP contribution in [0.15, 0.2) is 18.2 Å². The fourth-order valence-corrected chi connectivity index (χ4v) is 3.63. The van der Waals surface area contributed by atoms with Crippen molar-refractivity contribution in [3.05, 3.63) is 34.9 Å². The zero-order valence-electron chi connectivity index (χ0n) is 14.1. The molecule has 0 heterocycles. The summed E-state index contributed by atoms with van der Waals surface area (Å²) >= 11 is 0. The number of rotatable bonds is 6. The van der Waals surface area contributed by atoms with Crippen molar-refractivity contribution < 1.29 is 5.11 Å². The Morgan fingerprint density at radius 2 is 1.81 bits per heavy atom. The predicted octanol–water partition coefficient (Wildman–Crippen LogP) is 4.24. The molecule has 0 bridgehead atoms. The van der Waals surface area contributed by atoms with Gasteiger partial charge in [0.25, 0.3) is 0 Å². The summed E-state index contributed by atoms with van der Waals surface area (Å²) in [5.41, 5.74) is 3.56. The molecule has 2 rings (SSSR count). The number of benzene rings is 1. The summed E-state index contributed by atoms with van der Waals surface area (Å²) in [6, 6.07) is 7.04. The lowest BCUT2D eigenvalue weighted by molar-refractivity contribution is 0.0792. The first-order valence-electron chi connectivity index (χ1n) is 8.46. The van der Waals surface area contributed by atoms with Crippen molar-refractivity contribution in [2.75, 3.05) is 13.1 Å². The standard InChI is InChI=1S/C19H31NO/c1-14(2)12-20(17-7-5-6-8-17)13-19(21)18-10-9-15(3)11-16(18)4/h9-11,14,17,19,21H,5-8,12-13H2,1-4H3. The average molecular weight is 289 g/mol. The van der Waals surface area contributed by atoms with Gasteiger partial charge in [-0.25, -0.2) is 0 Å². The third-order valence-corrected chi connectivity index (χ3v) is 4.63. The zero-order valence-corrected chi connectivity index (χ0v) is 14.1. The van der Waals surface area contributed by atoms with Crippen LogP contribution >= 0.6 is 0 Å². The molecule has 1 aliphatic rings. The molecule has 1 fully saturated rings. The van der Waals surface area contributed by atoms with Gasteiger partial charge in [-0.3, -0.25) is 4.90 Å². The van der Waals surface area contributed by atoms with Crippen LogP contribution in [0.5, 0.6) is 0 Å². The van der Waals surface area contributed by atoms with Crippen LogP contribution in [0.1, 0.15) is 62.3 Å². The molecule has 118 valence electrons. The van der Waals surface area contributed by atoms with E-state index in [-0.39, 0.29) is 6.10 Å². The van der Waals surface area contributed by atoms with Crippen molar-refractivity contribution in [2.45, 2.75) is 65.5 Å². The highest BCUT2D eigenvalue weighted by molar-refractivity contribution is 5.32. The van der Waals surface area contributed by atoms with Gasteiger partial charge in [-0.15, -0.1) is 0 Å². The molecule has 0 aliphatic heterocycles. The maximum absolute atomic E-state index is 10.7. The van der Waals surface area contributed by atoms with Crippen LogP contribution in [-0.2, 0) is 0 Å². The maximum atomic E-state index is 10.7. The fourth-order valence-electron chi connectivity index (χ4n) is 3.63. The van der Waals surface area contributed by atoms with Crippen LogP contribution in [0, 0.1) is 19.8 Å². The second-order valence-electron chi connectivity index (χ2n) is 7.16. The van der Waals surface area contributed by atoms with E-state index in [4.69, 9.17) is 0 Å². The van der Waals surface area contributed by atoms with Gasteiger partial charge in [0.1, 0.15) is 0 Å². The molecular weight excluding hydrogens is 258 g/mol. The molecule has 2 heteroatoms. The lowest BCUT2D eigenvalue weighted by atomic mass is 9.99. The summed E-state index contributed by atoms with van der Waals surface area (Å²) in [5, 5.41) is 10.7. The van der Waals surface area contributed by atoms with Crippen molar-refractivity contribution >= 4 is 0 Å². The van der Waals surface area contributed by atoms with Gasteiger partial charge in [-0.2, -0.15) is 0 Å². The summed E-state index contributed by atoms with van der Waals surface area (Å²) in [4.78, 5) is 2.53. The topological polar surface area (TPSA) is 23.5 Å². The van der Waals surface area contributed by atoms with E-state index in [1.165, 1.54) is 36.8 Å². The molecule has 21 heavy (non-hydrogen) atoms. The Balaban J connectivity index is 2.07. The van der Waals surface area contributed by atoms with Gasteiger partial charge in [-0.1, -0.05) is 50.5 Å². The minimum atomic E-state index is -0.370. The molecule has 0 spiro atoms. The van der Waals surface area contributed by atoms with E-state index in [1.54, 1.807) is 0 Å². The van der Waals surface area contributed by atoms with Gasteiger partial charge >= 0.3 is 0 Å². The van der Waals surface area contributed by atoms with E-state index in [2.05, 4.69) is 50.8 Å². The van der Waals surface area contributed by atoms with E-state index >= 15 is 0 Å². The molecule has 1 N–H and O–H groups in total. The van der Waals surface area contributed by atoms with Crippen LogP contribution < -0.4 is 0 Å². The van der Waals surface area contributed by atoms with Crippen LogP contribution in [-0.4, -0.2) is 29.1 Å². The third-order valence-electron chi connectivity index (χ3n) is 4.63. The first kappa shape index (κ1) is 16.5. The molecule has 0 saturated heterocycles. The molecule has 0 radical (unpaired) electrons. The third kappa shape index (κ3) is 4.55. The number of aryl methyl sites for hydroxylation is 2. The molecule has 0 aromatic heterocycles. The van der Waals surface area contributed by atoms with Crippen molar-refractivity contribution in [3.63, 3.8) is 0 Å². The molecular formula is C19H31NO. The molecule has 1 unspecified atom stereocenters. The molecule has 1 aromatic rings. The van der Waals surface area contributed by atoms with Crippen LogP contribution in [0.4, 0.5) is 0 Å². The van der Waals surface area contributed by atoms with Gasteiger partial charge in [-0.05, 0) is 43.7 Å². The Morgan fingerprint density at radius 3 is 2.38 bits per heavy atom. The molecule has 1 atom stereocenters. The van der Waals surface area contributed by atoms with Crippen molar-refractivity contribution in [1.29, 1.82) is 0 Å². The van der Waals surface area contributed by atoms with Gasteiger partial charge < -0.3 is 5.11 Å². The number of hydrogen-bond acceptors (Lipinski definition) is 2. The first-order valence-corrected chi connectivity index (χ1v) is 8.46. The van der Waals surface area contributed by atoms with E-state index in [0.717, 1.165) is 18.7 Å². The lowest BCUT2D eigenvalue weighted by Crippen LogP contribution is -2.39. The molecule has 1 aliphatic carbocycles. The minimum Gasteiger partial charge on any atom is -0.387 e. The lowest BCUT2D eigenvalue weighted by Gasteiger charge is -2.32. The highest BCUT2D eigenvalue weighted by Gasteiger charge is 2.25. The van der Waals surface area contributed by atoms with Crippen molar-refractivity contribution in [2.24, 2.45) is 5.92 Å². The Bertz CT molecular complexity index is 449. The normalized spacial score (nSPS) is 17.9. The van der Waals surface area contributed by atoms with E-state index in [9.17, 15) is 5.11 Å². The van der Waals surface area contributed by atoms with Crippen molar-refractivity contribution in [3.8, 4) is 0 Å². The Morgan fingerprint density at radius 1 is 1.14 bits per heavy atom. The highest BCUT2D eigenvalue weighted by Crippen LogP contribution is 2.27. The first-order chi connectivity index (χ1) is 9.97. The summed E-state index contributed by atoms with van der Waals surface area (Å²) in [6.45, 7) is 10.6. The van der Waals surface area contributed by atoms with Gasteiger partial charge in [0.2, 0.25) is 0 Å². The Labute approximate surface area is 130 Å². The molecule has 2 nitrogen and oxygen atoms in total. The quantitative estimate of drug-likeness (QED) is 0.847. The number of nitrogens with zero attached hydrogens (tertiary/aromatic N) is 1. The van der Waals surface area contributed by atoms with E-state index in [0.29, 0.717) is 12.0 Å². The largest absolute Gasteiger partial charge is 0.387 e. The summed E-state index contributed by atoms with van der Waals surface area (Å²) in [5.74, 6) is 0.650. The number of aliphatic hydroxyl groups excluding tert-OH is 1. The summed E-state index contributed by atoms with van der Waals surface area (Å²) in [7, 11) is 0. The molecule has 1 saturated carbocycles. The molecule has 1 aromatic carbocycles. The Hall–Kier alpha value is -0.860. The predicted molar refractivity (Wildman–Crippen MR) is 89.5 cm³/mol. The second-order valence-corrected chi connectivity index (χ2v) is 7.16. The Kier molecular flexibility index (Phi) is 5.83. The monoisotopic (exact) mass is 289 g/mol. The van der Waals surface area contributed by atoms with Gasteiger partial charge in [0.05, 0.1) is 6.10 Å². The average Bonchev–Trinajstić information content (AvgIpc) is 2.90. The molecule has 0 amide bonds. The van der Waals surface area contributed by atoms with Crippen molar-refractivity contribution in [1.82, 2.24) is 4.90 Å². The minimum absolute atomic E-state index is 0.370. The fraction of sp³-hybridized carbons (Fsp3) is 0.684. The van der Waals surface area contributed by atoms with E-state index in [1.807, 2.05) is 0 Å². The second kappa shape index (κ2) is 7.42. The number of hydrogen-bond donors (Lipinski definition) is 1. The maximum Gasteiger partial charge on any atom is 0.0919 e. The van der Waals surface area contributed by atoms with Crippen LogP contribution in [0.3, 0.4) is 0 Å². The summed E-state index contributed by atoms with van der Waals surface area (Å²) in [6.07, 6.45) is 4.92. The number of aliphatic hydroxyl groups is 1. The van der Waals surface area contributed by atoms with E-state index < -0.39 is 0 Å².